The Morgan fingerprint density at radius 2 is 2.14 bits per heavy atom. The Morgan fingerprint density at radius 1 is 1.33 bits per heavy atom. The molecule has 0 bridgehead atoms. The maximum Gasteiger partial charge on any atom is 0.132 e. The average molecular weight is 310 g/mol. The number of ether oxygens (including phenoxy) is 1. The second kappa shape index (κ2) is 7.84. The van der Waals surface area contributed by atoms with Crippen molar-refractivity contribution in [3.63, 3.8) is 0 Å². The molecule has 0 spiro atoms. The minimum absolute atomic E-state index is 0.153. The Balaban J connectivity index is 2.26. The van der Waals surface area contributed by atoms with Gasteiger partial charge in [0.15, 0.2) is 0 Å². The monoisotopic (exact) mass is 310 g/mol. The van der Waals surface area contributed by atoms with E-state index >= 15 is 0 Å². The van der Waals surface area contributed by atoms with E-state index < -0.39 is 0 Å². The van der Waals surface area contributed by atoms with E-state index in [4.69, 9.17) is 10.5 Å². The van der Waals surface area contributed by atoms with Crippen LogP contribution in [0.15, 0.2) is 18.2 Å². The number of hydrogen-bond acceptors (Lipinski definition) is 4. The molecule has 116 valence electrons. The van der Waals surface area contributed by atoms with Crippen LogP contribution >= 0.6 is 11.3 Å². The van der Waals surface area contributed by atoms with Crippen LogP contribution in [0.4, 0.5) is 4.39 Å². The smallest absolute Gasteiger partial charge is 0.132 e. The highest BCUT2D eigenvalue weighted by Crippen LogP contribution is 2.33. The van der Waals surface area contributed by atoms with Crippen molar-refractivity contribution in [3.8, 4) is 0 Å². The fraction of sp³-hybridized carbons (Fsp3) is 0.500. The first-order valence-corrected chi connectivity index (χ1v) is 8.21. The molecule has 0 aliphatic rings. The van der Waals surface area contributed by atoms with Gasteiger partial charge in [0.1, 0.15) is 5.82 Å². The molecule has 1 aromatic carbocycles. The lowest BCUT2D eigenvalue weighted by atomic mass is 10.1. The van der Waals surface area contributed by atoms with Crippen LogP contribution in [0.1, 0.15) is 24.3 Å². The zero-order chi connectivity index (χ0) is 15.2. The molecule has 21 heavy (non-hydrogen) atoms. The van der Waals surface area contributed by atoms with Crippen LogP contribution in [0, 0.1) is 5.82 Å². The summed E-state index contributed by atoms with van der Waals surface area (Å²) in [5.74, 6) is -0.153. The van der Waals surface area contributed by atoms with Gasteiger partial charge in [-0.25, -0.2) is 4.39 Å². The van der Waals surface area contributed by atoms with Gasteiger partial charge in [-0.2, -0.15) is 0 Å². The van der Waals surface area contributed by atoms with Crippen molar-refractivity contribution in [2.24, 2.45) is 5.73 Å². The first-order chi connectivity index (χ1) is 10.2. The third-order valence-corrected chi connectivity index (χ3v) is 4.84. The fourth-order valence-corrected chi connectivity index (χ4v) is 3.57. The van der Waals surface area contributed by atoms with Crippen LogP contribution in [0.3, 0.4) is 0 Å². The number of nitrogens with two attached hydrogens (primary N) is 1. The maximum absolute atomic E-state index is 14.2. The van der Waals surface area contributed by atoms with Crippen molar-refractivity contribution in [3.05, 3.63) is 34.5 Å². The predicted molar refractivity (Wildman–Crippen MR) is 87.1 cm³/mol. The van der Waals surface area contributed by atoms with Crippen molar-refractivity contribution in [2.75, 3.05) is 26.3 Å². The van der Waals surface area contributed by atoms with E-state index in [2.05, 4.69) is 11.8 Å². The number of fused-ring (bicyclic) bond motifs is 1. The molecule has 0 aliphatic carbocycles. The molecule has 1 heterocycles. The van der Waals surface area contributed by atoms with E-state index in [0.29, 0.717) is 13.2 Å². The second-order valence-electron chi connectivity index (χ2n) is 4.89. The highest BCUT2D eigenvalue weighted by molar-refractivity contribution is 7.19. The van der Waals surface area contributed by atoms with Gasteiger partial charge in [-0.15, -0.1) is 11.3 Å². The summed E-state index contributed by atoms with van der Waals surface area (Å²) in [7, 11) is 0. The van der Waals surface area contributed by atoms with E-state index in [9.17, 15) is 4.39 Å². The Hall–Kier alpha value is -1.01. The normalized spacial score (nSPS) is 11.7. The molecule has 1 aromatic heterocycles. The fourth-order valence-electron chi connectivity index (χ4n) is 2.46. The van der Waals surface area contributed by atoms with Gasteiger partial charge >= 0.3 is 0 Å². The standard InChI is InChI=1S/C16H23FN2OS/c1-3-19(8-9-20-4-2)11-12-15(10-18)21-14-7-5-6-13(17)16(12)14/h5-7H,3-4,8-11,18H2,1-2H3. The summed E-state index contributed by atoms with van der Waals surface area (Å²) in [6.45, 7) is 8.45. The first kappa shape index (κ1) is 16.4. The summed E-state index contributed by atoms with van der Waals surface area (Å²) in [5.41, 5.74) is 6.88. The van der Waals surface area contributed by atoms with Gasteiger partial charge in [0.2, 0.25) is 0 Å². The minimum Gasteiger partial charge on any atom is -0.380 e. The van der Waals surface area contributed by atoms with Gasteiger partial charge < -0.3 is 10.5 Å². The summed E-state index contributed by atoms with van der Waals surface area (Å²) in [4.78, 5) is 3.34. The number of thiophene rings is 1. The zero-order valence-electron chi connectivity index (χ0n) is 12.7. The van der Waals surface area contributed by atoms with Gasteiger partial charge in [0.05, 0.1) is 6.61 Å². The molecular weight excluding hydrogens is 287 g/mol. The van der Waals surface area contributed by atoms with Crippen LogP contribution in [0.25, 0.3) is 10.1 Å². The van der Waals surface area contributed by atoms with E-state index in [1.54, 1.807) is 17.4 Å². The Labute approximate surface area is 129 Å². The number of rotatable bonds is 8. The Kier molecular flexibility index (Phi) is 6.11. The number of benzene rings is 1. The van der Waals surface area contributed by atoms with E-state index in [1.807, 2.05) is 13.0 Å². The highest BCUT2D eigenvalue weighted by atomic mass is 32.1. The largest absolute Gasteiger partial charge is 0.380 e. The quantitative estimate of drug-likeness (QED) is 0.760. The first-order valence-electron chi connectivity index (χ1n) is 7.40. The molecule has 0 fully saturated rings. The van der Waals surface area contributed by atoms with Crippen LogP contribution in [-0.2, 0) is 17.8 Å². The summed E-state index contributed by atoms with van der Waals surface area (Å²) < 4.78 is 20.6. The summed E-state index contributed by atoms with van der Waals surface area (Å²) in [6.07, 6.45) is 0. The van der Waals surface area contributed by atoms with Crippen molar-refractivity contribution in [2.45, 2.75) is 26.9 Å². The van der Waals surface area contributed by atoms with Gasteiger partial charge in [-0.3, -0.25) is 4.90 Å². The lowest BCUT2D eigenvalue weighted by molar-refractivity contribution is 0.113. The van der Waals surface area contributed by atoms with Gasteiger partial charge in [0, 0.05) is 41.2 Å². The van der Waals surface area contributed by atoms with E-state index in [-0.39, 0.29) is 5.82 Å². The highest BCUT2D eigenvalue weighted by Gasteiger charge is 2.16. The topological polar surface area (TPSA) is 38.5 Å². The number of hydrogen-bond donors (Lipinski definition) is 1. The molecule has 0 amide bonds. The van der Waals surface area contributed by atoms with Crippen molar-refractivity contribution < 1.29 is 9.13 Å². The average Bonchev–Trinajstić information content (AvgIpc) is 2.85. The molecule has 0 saturated carbocycles. The molecule has 3 nitrogen and oxygen atoms in total. The Bertz CT molecular complexity index is 585. The summed E-state index contributed by atoms with van der Waals surface area (Å²) >= 11 is 1.60. The van der Waals surface area contributed by atoms with Crippen molar-refractivity contribution in [1.82, 2.24) is 4.90 Å². The molecule has 0 radical (unpaired) electrons. The molecule has 0 unspecified atom stereocenters. The van der Waals surface area contributed by atoms with Gasteiger partial charge in [0.25, 0.3) is 0 Å². The molecule has 0 atom stereocenters. The molecule has 2 rings (SSSR count). The predicted octanol–water partition coefficient (Wildman–Crippen LogP) is 3.36. The van der Waals surface area contributed by atoms with Crippen molar-refractivity contribution in [1.29, 1.82) is 0 Å². The SMILES string of the molecule is CCOCCN(CC)Cc1c(CN)sc2cccc(F)c12. The molecule has 5 heteroatoms. The van der Waals surface area contributed by atoms with Crippen LogP contribution < -0.4 is 5.73 Å². The van der Waals surface area contributed by atoms with Crippen molar-refractivity contribution >= 4 is 21.4 Å². The summed E-state index contributed by atoms with van der Waals surface area (Å²) in [5, 5.41) is 0.734. The molecular formula is C16H23FN2OS. The zero-order valence-corrected chi connectivity index (χ0v) is 13.5. The number of likely N-dealkylation sites (N-methyl/N-ethyl adjacent to an activating group) is 1. The molecule has 0 saturated heterocycles. The van der Waals surface area contributed by atoms with E-state index in [1.165, 1.54) is 6.07 Å². The lowest BCUT2D eigenvalue weighted by Gasteiger charge is -2.20. The molecule has 0 aliphatic heterocycles. The molecule has 2 N–H and O–H groups in total. The van der Waals surface area contributed by atoms with Crippen LogP contribution in [0.5, 0.6) is 0 Å². The third kappa shape index (κ3) is 3.80. The minimum atomic E-state index is -0.153. The Morgan fingerprint density at radius 3 is 2.81 bits per heavy atom. The number of halogens is 1. The van der Waals surface area contributed by atoms with Crippen LogP contribution in [-0.4, -0.2) is 31.2 Å². The third-order valence-electron chi connectivity index (χ3n) is 3.62. The van der Waals surface area contributed by atoms with E-state index in [0.717, 1.165) is 46.8 Å². The summed E-state index contributed by atoms with van der Waals surface area (Å²) in [6, 6.07) is 5.24. The molecule has 2 aromatic rings. The van der Waals surface area contributed by atoms with Gasteiger partial charge in [-0.05, 0) is 31.2 Å². The maximum atomic E-state index is 14.2. The van der Waals surface area contributed by atoms with Crippen LogP contribution in [0.2, 0.25) is 0 Å². The second-order valence-corrected chi connectivity index (χ2v) is 6.02. The lowest BCUT2D eigenvalue weighted by Crippen LogP contribution is -2.27. The number of nitrogens with zero attached hydrogens (tertiary/aromatic N) is 1. The van der Waals surface area contributed by atoms with Gasteiger partial charge in [-0.1, -0.05) is 13.0 Å².